The SMILES string of the molecule is COc1ccc(OC)c(NC(=O)COC(=O)c2ccc3c(c2)CCCC3)c1. The maximum Gasteiger partial charge on any atom is 0.338 e. The topological polar surface area (TPSA) is 73.9 Å². The Bertz CT molecular complexity index is 846. The molecule has 0 saturated heterocycles. The molecule has 2 aromatic carbocycles. The molecule has 0 heterocycles. The number of methoxy groups -OCH3 is 2. The van der Waals surface area contributed by atoms with Gasteiger partial charge in [0.05, 0.1) is 25.5 Å². The average Bonchev–Trinajstić information content (AvgIpc) is 2.71. The summed E-state index contributed by atoms with van der Waals surface area (Å²) in [5.41, 5.74) is 3.41. The van der Waals surface area contributed by atoms with Gasteiger partial charge in [0, 0.05) is 6.07 Å². The highest BCUT2D eigenvalue weighted by Gasteiger charge is 2.16. The molecule has 27 heavy (non-hydrogen) atoms. The molecule has 0 spiro atoms. The van der Waals surface area contributed by atoms with Gasteiger partial charge in [-0.1, -0.05) is 6.07 Å². The molecule has 3 rings (SSSR count). The number of carbonyl (C=O) groups excluding carboxylic acids is 2. The van der Waals surface area contributed by atoms with Crippen LogP contribution in [0.1, 0.15) is 34.3 Å². The molecule has 0 saturated carbocycles. The van der Waals surface area contributed by atoms with E-state index < -0.39 is 11.9 Å². The second-order valence-corrected chi connectivity index (χ2v) is 6.38. The smallest absolute Gasteiger partial charge is 0.338 e. The van der Waals surface area contributed by atoms with Gasteiger partial charge in [-0.05, 0) is 61.1 Å². The summed E-state index contributed by atoms with van der Waals surface area (Å²) in [4.78, 5) is 24.4. The molecule has 0 aliphatic heterocycles. The Morgan fingerprint density at radius 2 is 1.74 bits per heavy atom. The van der Waals surface area contributed by atoms with E-state index in [0.29, 0.717) is 22.7 Å². The molecular weight excluding hydrogens is 346 g/mol. The molecular formula is C21H23NO5. The van der Waals surface area contributed by atoms with Crippen molar-refractivity contribution < 1.29 is 23.8 Å². The molecule has 1 aliphatic rings. The molecule has 0 unspecified atom stereocenters. The van der Waals surface area contributed by atoms with E-state index in [0.717, 1.165) is 19.3 Å². The average molecular weight is 369 g/mol. The summed E-state index contributed by atoms with van der Waals surface area (Å²) in [6, 6.07) is 10.7. The Hall–Kier alpha value is -3.02. The zero-order valence-corrected chi connectivity index (χ0v) is 15.5. The first-order chi connectivity index (χ1) is 13.1. The number of hydrogen-bond acceptors (Lipinski definition) is 5. The lowest BCUT2D eigenvalue weighted by molar-refractivity contribution is -0.119. The van der Waals surface area contributed by atoms with Gasteiger partial charge in [0.25, 0.3) is 5.91 Å². The standard InChI is InChI=1S/C21H23NO5/c1-25-17-9-10-19(26-2)18(12-17)22-20(23)13-27-21(24)16-8-7-14-5-3-4-6-15(14)11-16/h7-12H,3-6,13H2,1-2H3,(H,22,23). The molecule has 142 valence electrons. The van der Waals surface area contributed by atoms with Crippen molar-refractivity contribution in [2.75, 3.05) is 26.1 Å². The minimum Gasteiger partial charge on any atom is -0.497 e. The van der Waals surface area contributed by atoms with Crippen LogP contribution in [0.2, 0.25) is 0 Å². The number of carbonyl (C=O) groups is 2. The lowest BCUT2D eigenvalue weighted by atomic mass is 9.90. The molecule has 0 radical (unpaired) electrons. The number of hydrogen-bond donors (Lipinski definition) is 1. The quantitative estimate of drug-likeness (QED) is 0.790. The summed E-state index contributed by atoms with van der Waals surface area (Å²) in [6.07, 6.45) is 4.35. The van der Waals surface area contributed by atoms with E-state index in [2.05, 4.69) is 5.32 Å². The molecule has 1 aliphatic carbocycles. The lowest BCUT2D eigenvalue weighted by Gasteiger charge is -2.16. The monoisotopic (exact) mass is 369 g/mol. The molecule has 2 aromatic rings. The van der Waals surface area contributed by atoms with Crippen LogP contribution in [0.25, 0.3) is 0 Å². The van der Waals surface area contributed by atoms with E-state index in [9.17, 15) is 9.59 Å². The number of rotatable bonds is 6. The molecule has 6 nitrogen and oxygen atoms in total. The number of amides is 1. The zero-order chi connectivity index (χ0) is 19.2. The number of nitrogens with one attached hydrogen (secondary N) is 1. The third-order valence-electron chi connectivity index (χ3n) is 4.60. The van der Waals surface area contributed by atoms with Crippen LogP contribution >= 0.6 is 0 Å². The van der Waals surface area contributed by atoms with Gasteiger partial charge in [-0.2, -0.15) is 0 Å². The molecule has 0 aromatic heterocycles. The highest BCUT2D eigenvalue weighted by molar-refractivity contribution is 5.96. The predicted octanol–water partition coefficient (Wildman–Crippen LogP) is 3.38. The molecule has 0 fully saturated rings. The third kappa shape index (κ3) is 4.58. The predicted molar refractivity (Wildman–Crippen MR) is 102 cm³/mol. The van der Waals surface area contributed by atoms with Crippen molar-refractivity contribution in [3.8, 4) is 11.5 Å². The summed E-state index contributed by atoms with van der Waals surface area (Å²) in [6.45, 7) is -0.379. The second kappa shape index (κ2) is 8.58. The van der Waals surface area contributed by atoms with Crippen molar-refractivity contribution >= 4 is 17.6 Å². The number of fused-ring (bicyclic) bond motifs is 1. The highest BCUT2D eigenvalue weighted by Crippen LogP contribution is 2.28. The van der Waals surface area contributed by atoms with Gasteiger partial charge < -0.3 is 19.5 Å². The van der Waals surface area contributed by atoms with E-state index >= 15 is 0 Å². The van der Waals surface area contributed by atoms with Gasteiger partial charge in [0.2, 0.25) is 0 Å². The summed E-state index contributed by atoms with van der Waals surface area (Å²) in [7, 11) is 3.04. The Labute approximate surface area is 158 Å². The van der Waals surface area contributed by atoms with Gasteiger partial charge in [-0.15, -0.1) is 0 Å². The van der Waals surface area contributed by atoms with Crippen LogP contribution in [-0.4, -0.2) is 32.7 Å². The largest absolute Gasteiger partial charge is 0.497 e. The molecule has 1 N–H and O–H groups in total. The minimum atomic E-state index is -0.504. The van der Waals surface area contributed by atoms with E-state index in [4.69, 9.17) is 14.2 Å². The van der Waals surface area contributed by atoms with Gasteiger partial charge in [0.15, 0.2) is 6.61 Å². The Kier molecular flexibility index (Phi) is 5.96. The Morgan fingerprint density at radius 1 is 0.963 bits per heavy atom. The fourth-order valence-corrected chi connectivity index (χ4v) is 3.17. The number of benzene rings is 2. The van der Waals surface area contributed by atoms with Crippen molar-refractivity contribution in [2.24, 2.45) is 0 Å². The maximum atomic E-state index is 12.3. The van der Waals surface area contributed by atoms with Crippen molar-refractivity contribution in [2.45, 2.75) is 25.7 Å². The first kappa shape index (κ1) is 18.8. The van der Waals surface area contributed by atoms with Crippen LogP contribution < -0.4 is 14.8 Å². The van der Waals surface area contributed by atoms with E-state index in [1.165, 1.54) is 31.8 Å². The van der Waals surface area contributed by atoms with Crippen molar-refractivity contribution in [3.05, 3.63) is 53.1 Å². The first-order valence-electron chi connectivity index (χ1n) is 8.91. The van der Waals surface area contributed by atoms with Crippen LogP contribution in [0.5, 0.6) is 11.5 Å². The van der Waals surface area contributed by atoms with Crippen molar-refractivity contribution in [3.63, 3.8) is 0 Å². The summed E-state index contributed by atoms with van der Waals surface area (Å²) < 4.78 is 15.5. The van der Waals surface area contributed by atoms with E-state index in [1.807, 2.05) is 12.1 Å². The Balaban J connectivity index is 1.60. The van der Waals surface area contributed by atoms with Crippen LogP contribution in [0, 0.1) is 0 Å². The molecule has 0 atom stereocenters. The van der Waals surface area contributed by atoms with Crippen LogP contribution in [0.3, 0.4) is 0 Å². The number of aryl methyl sites for hydroxylation is 2. The first-order valence-corrected chi connectivity index (χ1v) is 8.91. The van der Waals surface area contributed by atoms with Gasteiger partial charge in [-0.3, -0.25) is 4.79 Å². The highest BCUT2D eigenvalue weighted by atomic mass is 16.5. The molecule has 1 amide bonds. The van der Waals surface area contributed by atoms with Gasteiger partial charge in [-0.25, -0.2) is 4.79 Å². The fraction of sp³-hybridized carbons (Fsp3) is 0.333. The summed E-state index contributed by atoms with van der Waals surface area (Å²) >= 11 is 0. The van der Waals surface area contributed by atoms with Crippen LogP contribution in [0.4, 0.5) is 5.69 Å². The van der Waals surface area contributed by atoms with Crippen molar-refractivity contribution in [1.82, 2.24) is 0 Å². The van der Waals surface area contributed by atoms with Crippen molar-refractivity contribution in [1.29, 1.82) is 0 Å². The second-order valence-electron chi connectivity index (χ2n) is 6.38. The summed E-state index contributed by atoms with van der Waals surface area (Å²) in [5.74, 6) is 0.117. The van der Waals surface area contributed by atoms with Crippen LogP contribution in [0.15, 0.2) is 36.4 Å². The summed E-state index contributed by atoms with van der Waals surface area (Å²) in [5, 5.41) is 2.67. The molecule has 6 heteroatoms. The van der Waals surface area contributed by atoms with Gasteiger partial charge >= 0.3 is 5.97 Å². The third-order valence-corrected chi connectivity index (χ3v) is 4.60. The van der Waals surface area contributed by atoms with E-state index in [-0.39, 0.29) is 6.61 Å². The Morgan fingerprint density at radius 3 is 2.48 bits per heavy atom. The number of ether oxygens (including phenoxy) is 3. The van der Waals surface area contributed by atoms with Crippen LogP contribution in [-0.2, 0) is 22.4 Å². The number of anilines is 1. The fourth-order valence-electron chi connectivity index (χ4n) is 3.17. The molecule has 0 bridgehead atoms. The van der Waals surface area contributed by atoms with E-state index in [1.54, 1.807) is 24.3 Å². The van der Waals surface area contributed by atoms with Gasteiger partial charge in [0.1, 0.15) is 11.5 Å². The normalized spacial score (nSPS) is 12.7. The lowest BCUT2D eigenvalue weighted by Crippen LogP contribution is -2.21. The minimum absolute atomic E-state index is 0.379. The maximum absolute atomic E-state index is 12.3. The zero-order valence-electron chi connectivity index (χ0n) is 15.5. The number of esters is 1.